The molecular weight excluding hydrogens is 446 g/mol. The van der Waals surface area contributed by atoms with Crippen molar-refractivity contribution in [2.75, 3.05) is 42.1 Å². The van der Waals surface area contributed by atoms with Crippen molar-refractivity contribution in [1.29, 1.82) is 0 Å². The summed E-state index contributed by atoms with van der Waals surface area (Å²) in [6.07, 6.45) is 1.32. The predicted octanol–water partition coefficient (Wildman–Crippen LogP) is 4.71. The first-order valence-electron chi connectivity index (χ1n) is 11.4. The van der Waals surface area contributed by atoms with E-state index in [1.807, 2.05) is 47.4 Å². The highest BCUT2D eigenvalue weighted by Crippen LogP contribution is 2.41. The van der Waals surface area contributed by atoms with Crippen molar-refractivity contribution < 1.29 is 28.5 Å². The van der Waals surface area contributed by atoms with Gasteiger partial charge in [-0.2, -0.15) is 0 Å². The number of hydrogen-bond acceptors (Lipinski definition) is 6. The summed E-state index contributed by atoms with van der Waals surface area (Å²) in [5.41, 5.74) is 3.84. The summed E-state index contributed by atoms with van der Waals surface area (Å²) in [6.45, 7) is 0.589. The van der Waals surface area contributed by atoms with Gasteiger partial charge < -0.3 is 28.6 Å². The summed E-state index contributed by atoms with van der Waals surface area (Å²) in [4.78, 5) is 15.6. The molecule has 4 rings (SSSR count). The van der Waals surface area contributed by atoms with E-state index in [1.54, 1.807) is 47.7 Å². The van der Waals surface area contributed by atoms with Gasteiger partial charge in [0, 0.05) is 12.1 Å². The van der Waals surface area contributed by atoms with E-state index >= 15 is 0 Å². The fourth-order valence-electron chi connectivity index (χ4n) is 4.62. The lowest BCUT2D eigenvalue weighted by molar-refractivity contribution is 0.0659. The first-order chi connectivity index (χ1) is 17.0. The van der Waals surface area contributed by atoms with Crippen LogP contribution in [0.5, 0.6) is 28.7 Å². The lowest BCUT2D eigenvalue weighted by Crippen LogP contribution is -2.41. The number of nitrogens with zero attached hydrogens (tertiary/aromatic N) is 1. The highest BCUT2D eigenvalue weighted by atomic mass is 16.5. The van der Waals surface area contributed by atoms with Crippen molar-refractivity contribution in [3.05, 3.63) is 76.9 Å². The monoisotopic (exact) mass is 477 g/mol. The van der Waals surface area contributed by atoms with E-state index < -0.39 is 0 Å². The van der Waals surface area contributed by atoms with E-state index in [2.05, 4.69) is 0 Å². The second kappa shape index (κ2) is 10.6. The highest BCUT2D eigenvalue weighted by molar-refractivity contribution is 5.95. The van der Waals surface area contributed by atoms with E-state index in [1.165, 1.54) is 0 Å². The fraction of sp³-hybridized carbons (Fsp3) is 0.321. The normalized spacial score (nSPS) is 14.7. The maximum absolute atomic E-state index is 13.7. The standard InChI is InChI=1S/C28H31NO6/c1-31-21-9-7-19(8-10-21)28(30)29-13-12-20-16-26(34-4)27(35-5)17-22(20)23(29)14-18-6-11-24(32-2)25(15-18)33-3/h6-11,15-17,23H,12-14H2,1-5H3. The van der Waals surface area contributed by atoms with Crippen LogP contribution in [0.15, 0.2) is 54.6 Å². The molecule has 184 valence electrons. The van der Waals surface area contributed by atoms with Gasteiger partial charge in [0.25, 0.3) is 5.91 Å². The molecule has 0 N–H and O–H groups in total. The number of fused-ring (bicyclic) bond motifs is 1. The number of carbonyl (C=O) groups excluding carboxylic acids is 1. The Morgan fingerprint density at radius 3 is 2.03 bits per heavy atom. The lowest BCUT2D eigenvalue weighted by Gasteiger charge is -2.38. The number of rotatable bonds is 8. The summed E-state index contributed by atoms with van der Waals surface area (Å²) in [6, 6.07) is 16.9. The molecule has 1 atom stereocenters. The third-order valence-electron chi connectivity index (χ3n) is 6.48. The number of amides is 1. The van der Waals surface area contributed by atoms with Gasteiger partial charge in [-0.25, -0.2) is 0 Å². The Morgan fingerprint density at radius 2 is 1.40 bits per heavy atom. The summed E-state index contributed by atoms with van der Waals surface area (Å²) < 4.78 is 27.3. The molecule has 7 heteroatoms. The van der Waals surface area contributed by atoms with Gasteiger partial charge in [-0.1, -0.05) is 6.07 Å². The van der Waals surface area contributed by atoms with Crippen LogP contribution in [0.3, 0.4) is 0 Å². The zero-order chi connectivity index (χ0) is 24.9. The zero-order valence-corrected chi connectivity index (χ0v) is 20.8. The quantitative estimate of drug-likeness (QED) is 0.468. The first kappa shape index (κ1) is 24.3. The Morgan fingerprint density at radius 1 is 0.771 bits per heavy atom. The number of ether oxygens (including phenoxy) is 5. The first-order valence-corrected chi connectivity index (χ1v) is 11.4. The van der Waals surface area contributed by atoms with Gasteiger partial charge in [-0.3, -0.25) is 4.79 Å². The molecule has 0 saturated carbocycles. The van der Waals surface area contributed by atoms with Gasteiger partial charge in [0.05, 0.1) is 41.6 Å². The minimum atomic E-state index is -0.203. The van der Waals surface area contributed by atoms with Crippen LogP contribution in [0.2, 0.25) is 0 Å². The average Bonchev–Trinajstić information content (AvgIpc) is 2.91. The van der Waals surface area contributed by atoms with Crippen LogP contribution in [-0.2, 0) is 12.8 Å². The molecule has 3 aromatic rings. The third kappa shape index (κ3) is 4.85. The summed E-state index contributed by atoms with van der Waals surface area (Å²) in [7, 11) is 8.10. The Balaban J connectivity index is 1.76. The molecular formula is C28H31NO6. The maximum Gasteiger partial charge on any atom is 0.254 e. The second-order valence-corrected chi connectivity index (χ2v) is 8.29. The predicted molar refractivity (Wildman–Crippen MR) is 133 cm³/mol. The molecule has 35 heavy (non-hydrogen) atoms. The SMILES string of the molecule is COc1ccc(C(=O)N2CCc3cc(OC)c(OC)cc3C2Cc2ccc(OC)c(OC)c2)cc1. The molecule has 1 heterocycles. The van der Waals surface area contributed by atoms with Crippen molar-refractivity contribution in [2.24, 2.45) is 0 Å². The average molecular weight is 478 g/mol. The van der Waals surface area contributed by atoms with Gasteiger partial charge in [0.15, 0.2) is 23.0 Å². The number of hydrogen-bond donors (Lipinski definition) is 0. The third-order valence-corrected chi connectivity index (χ3v) is 6.48. The van der Waals surface area contributed by atoms with E-state index in [9.17, 15) is 4.79 Å². The van der Waals surface area contributed by atoms with Gasteiger partial charge in [-0.15, -0.1) is 0 Å². The van der Waals surface area contributed by atoms with Crippen molar-refractivity contribution in [3.63, 3.8) is 0 Å². The molecule has 7 nitrogen and oxygen atoms in total. The summed E-state index contributed by atoms with van der Waals surface area (Å²) in [5.74, 6) is 3.33. The van der Waals surface area contributed by atoms with Crippen LogP contribution in [0, 0.1) is 0 Å². The van der Waals surface area contributed by atoms with Crippen LogP contribution in [0.4, 0.5) is 0 Å². The van der Waals surface area contributed by atoms with Gasteiger partial charge in [-0.05, 0) is 78.1 Å². The van der Waals surface area contributed by atoms with E-state index in [4.69, 9.17) is 23.7 Å². The summed E-state index contributed by atoms with van der Waals surface area (Å²) in [5, 5.41) is 0. The second-order valence-electron chi connectivity index (χ2n) is 8.29. The Labute approximate surface area is 206 Å². The van der Waals surface area contributed by atoms with Crippen molar-refractivity contribution in [1.82, 2.24) is 4.90 Å². The van der Waals surface area contributed by atoms with Crippen molar-refractivity contribution >= 4 is 5.91 Å². The highest BCUT2D eigenvalue weighted by Gasteiger charge is 2.33. The molecule has 3 aromatic carbocycles. The van der Waals surface area contributed by atoms with E-state index in [0.29, 0.717) is 47.3 Å². The molecule has 0 aromatic heterocycles. The van der Waals surface area contributed by atoms with E-state index in [0.717, 1.165) is 23.1 Å². The molecule has 1 aliphatic heterocycles. The molecule has 0 spiro atoms. The van der Waals surface area contributed by atoms with Crippen LogP contribution < -0.4 is 23.7 Å². The maximum atomic E-state index is 13.7. The molecule has 0 saturated heterocycles. The smallest absolute Gasteiger partial charge is 0.254 e. The number of carbonyl (C=O) groups is 1. The molecule has 1 unspecified atom stereocenters. The van der Waals surface area contributed by atoms with Gasteiger partial charge in [0.1, 0.15) is 5.75 Å². The number of methoxy groups -OCH3 is 5. The van der Waals surface area contributed by atoms with Crippen molar-refractivity contribution in [3.8, 4) is 28.7 Å². The Kier molecular flexibility index (Phi) is 7.34. The largest absolute Gasteiger partial charge is 0.497 e. The number of benzene rings is 3. The molecule has 0 bridgehead atoms. The minimum absolute atomic E-state index is 0.0291. The zero-order valence-electron chi connectivity index (χ0n) is 20.8. The fourth-order valence-corrected chi connectivity index (χ4v) is 4.62. The van der Waals surface area contributed by atoms with Crippen LogP contribution >= 0.6 is 0 Å². The van der Waals surface area contributed by atoms with E-state index in [-0.39, 0.29) is 11.9 Å². The molecule has 0 radical (unpaired) electrons. The van der Waals surface area contributed by atoms with Crippen LogP contribution in [0.25, 0.3) is 0 Å². The summed E-state index contributed by atoms with van der Waals surface area (Å²) >= 11 is 0. The van der Waals surface area contributed by atoms with Crippen LogP contribution in [0.1, 0.15) is 33.1 Å². The minimum Gasteiger partial charge on any atom is -0.497 e. The topological polar surface area (TPSA) is 66.5 Å². The molecule has 1 amide bonds. The molecule has 0 fully saturated rings. The molecule has 0 aliphatic carbocycles. The molecule has 1 aliphatic rings. The van der Waals surface area contributed by atoms with Crippen LogP contribution in [-0.4, -0.2) is 52.9 Å². The van der Waals surface area contributed by atoms with Crippen molar-refractivity contribution in [2.45, 2.75) is 18.9 Å². The Hall–Kier alpha value is -3.87. The van der Waals surface area contributed by atoms with Gasteiger partial charge in [0.2, 0.25) is 0 Å². The lowest BCUT2D eigenvalue weighted by atomic mass is 9.87. The Bertz CT molecular complexity index is 1190. The van der Waals surface area contributed by atoms with Gasteiger partial charge >= 0.3 is 0 Å².